The third-order valence-electron chi connectivity index (χ3n) is 2.44. The van der Waals surface area contributed by atoms with Crippen LogP contribution in [0, 0.1) is 0 Å². The lowest BCUT2D eigenvalue weighted by Gasteiger charge is -2.10. The minimum atomic E-state index is -4.07. The number of unbranched alkanes of at least 4 members (excludes halogenated alkanes) is 1. The van der Waals surface area contributed by atoms with Crippen LogP contribution in [0.5, 0.6) is 0 Å². The summed E-state index contributed by atoms with van der Waals surface area (Å²) in [5.74, 6) is 1.34. The predicted octanol–water partition coefficient (Wildman–Crippen LogP) is 3.77. The van der Waals surface area contributed by atoms with Crippen LogP contribution in [-0.2, 0) is 0 Å². The maximum absolute atomic E-state index is 12.0. The van der Waals surface area contributed by atoms with Crippen LogP contribution in [0.15, 0.2) is 11.2 Å². The quantitative estimate of drug-likeness (QED) is 0.435. The zero-order chi connectivity index (χ0) is 15.0. The molecule has 0 saturated carbocycles. The van der Waals surface area contributed by atoms with E-state index < -0.39 is 12.6 Å². The second-order valence-electron chi connectivity index (χ2n) is 4.15. The molecule has 0 amide bonds. The van der Waals surface area contributed by atoms with Gasteiger partial charge in [-0.2, -0.15) is 13.2 Å². The number of halogens is 3. The molecule has 114 valence electrons. The highest BCUT2D eigenvalue weighted by atomic mass is 32.2. The topological polar surface area (TPSA) is 49.8 Å². The van der Waals surface area contributed by atoms with Crippen molar-refractivity contribution in [3.05, 3.63) is 6.07 Å². The van der Waals surface area contributed by atoms with Crippen LogP contribution in [-0.4, -0.2) is 35.5 Å². The van der Waals surface area contributed by atoms with E-state index in [1.807, 2.05) is 13.2 Å². The van der Waals surface area contributed by atoms with Crippen molar-refractivity contribution in [3.63, 3.8) is 0 Å². The molecule has 1 rings (SSSR count). The van der Waals surface area contributed by atoms with E-state index in [-0.39, 0.29) is 6.42 Å². The summed E-state index contributed by atoms with van der Waals surface area (Å²) in [6, 6.07) is 1.76. The monoisotopic (exact) mass is 308 g/mol. The second-order valence-corrected chi connectivity index (χ2v) is 4.93. The van der Waals surface area contributed by atoms with Crippen LogP contribution in [0.1, 0.15) is 26.2 Å². The highest BCUT2D eigenvalue weighted by molar-refractivity contribution is 7.98. The van der Waals surface area contributed by atoms with Gasteiger partial charge in [-0.3, -0.25) is 0 Å². The zero-order valence-corrected chi connectivity index (χ0v) is 12.4. The molecule has 2 N–H and O–H groups in total. The summed E-state index contributed by atoms with van der Waals surface area (Å²) in [4.78, 5) is 8.53. The van der Waals surface area contributed by atoms with Gasteiger partial charge in [-0.1, -0.05) is 11.8 Å². The number of hydrogen-bond acceptors (Lipinski definition) is 5. The van der Waals surface area contributed by atoms with Crippen molar-refractivity contribution in [1.82, 2.24) is 9.97 Å². The normalized spacial score (nSPS) is 11.4. The summed E-state index contributed by atoms with van der Waals surface area (Å²) in [6.07, 6.45) is -2.36. The number of rotatable bonds is 8. The Bertz CT molecular complexity index is 412. The fraction of sp³-hybridized carbons (Fsp3) is 0.667. The zero-order valence-electron chi connectivity index (χ0n) is 11.5. The van der Waals surface area contributed by atoms with E-state index in [2.05, 4.69) is 20.6 Å². The highest BCUT2D eigenvalue weighted by Gasteiger charge is 2.25. The Morgan fingerprint density at radius 1 is 1.15 bits per heavy atom. The molecule has 0 spiro atoms. The summed E-state index contributed by atoms with van der Waals surface area (Å²) in [5.41, 5.74) is 0. The van der Waals surface area contributed by atoms with Crippen molar-refractivity contribution in [2.75, 3.05) is 30.0 Å². The molecule has 0 fully saturated rings. The van der Waals surface area contributed by atoms with E-state index in [0.29, 0.717) is 29.8 Å². The molecule has 4 nitrogen and oxygen atoms in total. The number of nitrogens with zero attached hydrogens (tertiary/aromatic N) is 2. The summed E-state index contributed by atoms with van der Waals surface area (Å²) >= 11 is 1.42. The van der Waals surface area contributed by atoms with Crippen LogP contribution in [0.4, 0.5) is 24.8 Å². The number of aromatic nitrogens is 2. The molecule has 0 aliphatic heterocycles. The second kappa shape index (κ2) is 8.18. The van der Waals surface area contributed by atoms with Crippen molar-refractivity contribution < 1.29 is 13.2 Å². The van der Waals surface area contributed by atoms with Gasteiger partial charge >= 0.3 is 6.18 Å². The van der Waals surface area contributed by atoms with E-state index in [1.165, 1.54) is 11.8 Å². The number of anilines is 2. The molecular formula is C12H19F3N4S. The lowest BCUT2D eigenvalue weighted by molar-refractivity contribution is -0.135. The SMILES string of the molecule is CCNc1cc(NCCCCC(F)(F)F)nc(SC)n1. The smallest absolute Gasteiger partial charge is 0.370 e. The molecule has 0 unspecified atom stereocenters. The standard InChI is InChI=1S/C12H19F3N4S/c1-3-16-9-8-10(19-11(18-9)20-2)17-7-5-4-6-12(13,14)15/h8H,3-7H2,1-2H3,(H2,16,17,18,19). The summed E-state index contributed by atoms with van der Waals surface area (Å²) in [5, 5.41) is 6.75. The van der Waals surface area contributed by atoms with Gasteiger partial charge in [0.2, 0.25) is 0 Å². The first-order valence-electron chi connectivity index (χ1n) is 6.42. The molecule has 1 heterocycles. The Hall–Kier alpha value is -1.18. The average molecular weight is 308 g/mol. The average Bonchev–Trinajstić information content (AvgIpc) is 2.37. The number of hydrogen-bond donors (Lipinski definition) is 2. The number of thioether (sulfide) groups is 1. The van der Waals surface area contributed by atoms with Crippen LogP contribution in [0.25, 0.3) is 0 Å². The Balaban J connectivity index is 2.44. The third-order valence-corrected chi connectivity index (χ3v) is 2.99. The molecule has 1 aromatic heterocycles. The Morgan fingerprint density at radius 3 is 2.35 bits per heavy atom. The molecule has 0 bridgehead atoms. The Labute approximate surface area is 121 Å². The molecule has 0 saturated heterocycles. The maximum atomic E-state index is 12.0. The van der Waals surface area contributed by atoms with Crippen molar-refractivity contribution in [3.8, 4) is 0 Å². The molecule has 0 aliphatic carbocycles. The van der Waals surface area contributed by atoms with Crippen LogP contribution in [0.2, 0.25) is 0 Å². The van der Waals surface area contributed by atoms with Crippen molar-refractivity contribution in [1.29, 1.82) is 0 Å². The first-order valence-corrected chi connectivity index (χ1v) is 7.64. The first-order chi connectivity index (χ1) is 9.44. The van der Waals surface area contributed by atoms with E-state index in [1.54, 1.807) is 6.07 Å². The van der Waals surface area contributed by atoms with Gasteiger partial charge in [0, 0.05) is 25.6 Å². The lowest BCUT2D eigenvalue weighted by Crippen LogP contribution is -2.10. The fourth-order valence-corrected chi connectivity index (χ4v) is 1.92. The summed E-state index contributed by atoms with van der Waals surface area (Å²) in [7, 11) is 0. The fourth-order valence-electron chi connectivity index (χ4n) is 1.55. The first kappa shape index (κ1) is 16.9. The van der Waals surface area contributed by atoms with E-state index in [0.717, 1.165) is 6.54 Å². The highest BCUT2D eigenvalue weighted by Crippen LogP contribution is 2.22. The summed E-state index contributed by atoms with van der Waals surface area (Å²) < 4.78 is 36.0. The molecule has 8 heteroatoms. The van der Waals surface area contributed by atoms with Gasteiger partial charge in [-0.25, -0.2) is 9.97 Å². The minimum absolute atomic E-state index is 0.122. The van der Waals surface area contributed by atoms with Gasteiger partial charge < -0.3 is 10.6 Å². The van der Waals surface area contributed by atoms with Gasteiger partial charge in [0.25, 0.3) is 0 Å². The Kier molecular flexibility index (Phi) is 6.90. The van der Waals surface area contributed by atoms with Crippen LogP contribution >= 0.6 is 11.8 Å². The van der Waals surface area contributed by atoms with Gasteiger partial charge in [0.1, 0.15) is 11.6 Å². The number of nitrogens with one attached hydrogen (secondary N) is 2. The summed E-state index contributed by atoms with van der Waals surface area (Å²) in [6.45, 7) is 3.17. The molecule has 0 aliphatic rings. The van der Waals surface area contributed by atoms with E-state index in [4.69, 9.17) is 0 Å². The molecule has 1 aromatic rings. The van der Waals surface area contributed by atoms with Gasteiger partial charge in [0.15, 0.2) is 5.16 Å². The third kappa shape index (κ3) is 6.83. The van der Waals surface area contributed by atoms with Crippen molar-refractivity contribution >= 4 is 23.4 Å². The van der Waals surface area contributed by atoms with E-state index in [9.17, 15) is 13.2 Å². The van der Waals surface area contributed by atoms with Crippen LogP contribution in [0.3, 0.4) is 0 Å². The van der Waals surface area contributed by atoms with Crippen LogP contribution < -0.4 is 10.6 Å². The van der Waals surface area contributed by atoms with Gasteiger partial charge in [-0.15, -0.1) is 0 Å². The molecule has 0 radical (unpaired) electrons. The largest absolute Gasteiger partial charge is 0.389 e. The van der Waals surface area contributed by atoms with Crippen molar-refractivity contribution in [2.24, 2.45) is 0 Å². The number of alkyl halides is 3. The maximum Gasteiger partial charge on any atom is 0.389 e. The van der Waals surface area contributed by atoms with Gasteiger partial charge in [0.05, 0.1) is 0 Å². The van der Waals surface area contributed by atoms with Crippen molar-refractivity contribution in [2.45, 2.75) is 37.5 Å². The minimum Gasteiger partial charge on any atom is -0.370 e. The lowest BCUT2D eigenvalue weighted by atomic mass is 10.2. The molecule has 0 aromatic carbocycles. The Morgan fingerprint density at radius 2 is 1.80 bits per heavy atom. The molecular weight excluding hydrogens is 289 g/mol. The molecule has 20 heavy (non-hydrogen) atoms. The van der Waals surface area contributed by atoms with Gasteiger partial charge in [-0.05, 0) is 26.0 Å². The van der Waals surface area contributed by atoms with E-state index >= 15 is 0 Å². The molecule has 0 atom stereocenters. The predicted molar refractivity (Wildman–Crippen MR) is 76.4 cm³/mol.